The average molecular weight is 277 g/mol. The predicted molar refractivity (Wildman–Crippen MR) is 75.2 cm³/mol. The lowest BCUT2D eigenvalue weighted by Crippen LogP contribution is -2.53. The number of hydrogen-bond donors (Lipinski definition) is 1. The summed E-state index contributed by atoms with van der Waals surface area (Å²) in [6.45, 7) is 5.14. The lowest BCUT2D eigenvalue weighted by atomic mass is 10.1. The summed E-state index contributed by atoms with van der Waals surface area (Å²) in [5.41, 5.74) is 0. The van der Waals surface area contributed by atoms with Crippen LogP contribution in [-0.2, 0) is 10.0 Å². The summed E-state index contributed by atoms with van der Waals surface area (Å²) < 4.78 is 26.1. The maximum atomic E-state index is 12.2. The predicted octanol–water partition coefficient (Wildman–Crippen LogP) is 0.342. The van der Waals surface area contributed by atoms with Crippen molar-refractivity contribution in [2.24, 2.45) is 0 Å². The van der Waals surface area contributed by atoms with Crippen LogP contribution in [0.15, 0.2) is 0 Å². The van der Waals surface area contributed by atoms with Gasteiger partial charge in [-0.05, 0) is 39.9 Å². The SMILES string of the molecule is CCC1CN(S(=O)(=O)CCCCNC)CCN1C. The van der Waals surface area contributed by atoms with Gasteiger partial charge in [-0.3, -0.25) is 0 Å². The lowest BCUT2D eigenvalue weighted by molar-refractivity contribution is 0.144. The molecule has 1 aliphatic rings. The normalized spacial score (nSPS) is 23.4. The summed E-state index contributed by atoms with van der Waals surface area (Å²) in [6.07, 6.45) is 2.66. The second-order valence-corrected chi connectivity index (χ2v) is 7.12. The molecule has 0 aromatic carbocycles. The summed E-state index contributed by atoms with van der Waals surface area (Å²) in [5, 5.41) is 3.04. The van der Waals surface area contributed by atoms with Gasteiger partial charge in [0.25, 0.3) is 0 Å². The third-order valence-corrected chi connectivity index (χ3v) is 5.61. The fourth-order valence-corrected chi connectivity index (χ4v) is 3.91. The molecule has 0 spiro atoms. The summed E-state index contributed by atoms with van der Waals surface area (Å²) in [7, 11) is 0.913. The van der Waals surface area contributed by atoms with Gasteiger partial charge in [0.2, 0.25) is 10.0 Å². The fraction of sp³-hybridized carbons (Fsp3) is 1.00. The molecule has 1 aliphatic heterocycles. The molecular weight excluding hydrogens is 250 g/mol. The monoisotopic (exact) mass is 277 g/mol. The molecular formula is C12H27N3O2S. The van der Waals surface area contributed by atoms with Crippen LogP contribution in [0.4, 0.5) is 0 Å². The molecule has 18 heavy (non-hydrogen) atoms. The van der Waals surface area contributed by atoms with E-state index in [0.29, 0.717) is 19.1 Å². The van der Waals surface area contributed by atoms with E-state index in [2.05, 4.69) is 24.2 Å². The molecule has 6 heteroatoms. The van der Waals surface area contributed by atoms with Gasteiger partial charge in [-0.2, -0.15) is 4.31 Å². The molecule has 0 saturated carbocycles. The largest absolute Gasteiger partial charge is 0.320 e. The van der Waals surface area contributed by atoms with Crippen molar-refractivity contribution >= 4 is 10.0 Å². The van der Waals surface area contributed by atoms with Crippen molar-refractivity contribution in [3.63, 3.8) is 0 Å². The van der Waals surface area contributed by atoms with Crippen LogP contribution in [0.3, 0.4) is 0 Å². The summed E-state index contributed by atoms with van der Waals surface area (Å²) in [5.74, 6) is 0.287. The van der Waals surface area contributed by atoms with E-state index in [1.54, 1.807) is 4.31 Å². The Hall–Kier alpha value is -0.170. The molecule has 0 radical (unpaired) electrons. The fourth-order valence-electron chi connectivity index (χ4n) is 2.33. The van der Waals surface area contributed by atoms with Gasteiger partial charge in [0.1, 0.15) is 0 Å². The minimum Gasteiger partial charge on any atom is -0.320 e. The van der Waals surface area contributed by atoms with Crippen molar-refractivity contribution in [3.05, 3.63) is 0 Å². The molecule has 1 heterocycles. The van der Waals surface area contributed by atoms with E-state index in [0.717, 1.165) is 32.4 Å². The Bertz CT molecular complexity index is 332. The Labute approximate surface area is 112 Å². The molecule has 1 atom stereocenters. The number of likely N-dealkylation sites (N-methyl/N-ethyl adjacent to an activating group) is 1. The first-order valence-electron chi connectivity index (χ1n) is 6.84. The van der Waals surface area contributed by atoms with Crippen LogP contribution in [0, 0.1) is 0 Å². The molecule has 108 valence electrons. The zero-order chi connectivity index (χ0) is 13.6. The Kier molecular flexibility index (Phi) is 6.55. The van der Waals surface area contributed by atoms with Gasteiger partial charge in [-0.15, -0.1) is 0 Å². The molecule has 1 unspecified atom stereocenters. The first-order valence-corrected chi connectivity index (χ1v) is 8.45. The summed E-state index contributed by atoms with van der Waals surface area (Å²) >= 11 is 0. The molecule has 1 fully saturated rings. The molecule has 0 amide bonds. The first kappa shape index (κ1) is 15.9. The van der Waals surface area contributed by atoms with E-state index in [1.165, 1.54) is 0 Å². The van der Waals surface area contributed by atoms with Crippen LogP contribution >= 0.6 is 0 Å². The van der Waals surface area contributed by atoms with E-state index in [1.807, 2.05) is 7.05 Å². The van der Waals surface area contributed by atoms with Crippen molar-refractivity contribution in [1.82, 2.24) is 14.5 Å². The standard InChI is InChI=1S/C12H27N3O2S/c1-4-12-11-15(9-8-14(12)3)18(16,17)10-6-5-7-13-2/h12-13H,4-11H2,1-3H3. The minimum atomic E-state index is -3.05. The van der Waals surface area contributed by atoms with Gasteiger partial charge >= 0.3 is 0 Å². The second kappa shape index (κ2) is 7.43. The molecule has 1 rings (SSSR count). The Morgan fingerprint density at radius 1 is 1.28 bits per heavy atom. The van der Waals surface area contributed by atoms with E-state index in [-0.39, 0.29) is 5.75 Å². The zero-order valence-electron chi connectivity index (χ0n) is 11.9. The van der Waals surface area contributed by atoms with Crippen molar-refractivity contribution in [1.29, 1.82) is 0 Å². The van der Waals surface area contributed by atoms with Crippen LogP contribution < -0.4 is 5.32 Å². The number of nitrogens with one attached hydrogen (secondary N) is 1. The topological polar surface area (TPSA) is 52.7 Å². The molecule has 0 aromatic heterocycles. The quantitative estimate of drug-likeness (QED) is 0.682. The Morgan fingerprint density at radius 3 is 2.61 bits per heavy atom. The van der Waals surface area contributed by atoms with Gasteiger partial charge in [0, 0.05) is 25.7 Å². The average Bonchev–Trinajstić information content (AvgIpc) is 2.35. The smallest absolute Gasteiger partial charge is 0.214 e. The molecule has 0 aromatic rings. The molecule has 0 bridgehead atoms. The first-order chi connectivity index (χ1) is 8.51. The number of sulfonamides is 1. The van der Waals surface area contributed by atoms with E-state index >= 15 is 0 Å². The van der Waals surface area contributed by atoms with Crippen LogP contribution in [0.1, 0.15) is 26.2 Å². The minimum absolute atomic E-state index is 0.287. The van der Waals surface area contributed by atoms with Gasteiger partial charge in [0.15, 0.2) is 0 Å². The van der Waals surface area contributed by atoms with Crippen LogP contribution in [0.25, 0.3) is 0 Å². The van der Waals surface area contributed by atoms with Gasteiger partial charge in [-0.25, -0.2) is 8.42 Å². The third-order valence-electron chi connectivity index (χ3n) is 3.68. The summed E-state index contributed by atoms with van der Waals surface area (Å²) in [4.78, 5) is 2.26. The number of unbranched alkanes of at least 4 members (excludes halogenated alkanes) is 1. The van der Waals surface area contributed by atoms with Crippen molar-refractivity contribution in [2.75, 3.05) is 46.0 Å². The number of nitrogens with zero attached hydrogens (tertiary/aromatic N) is 2. The zero-order valence-corrected chi connectivity index (χ0v) is 12.7. The molecule has 5 nitrogen and oxygen atoms in total. The molecule has 0 aliphatic carbocycles. The van der Waals surface area contributed by atoms with Gasteiger partial charge in [0.05, 0.1) is 5.75 Å². The van der Waals surface area contributed by atoms with E-state index < -0.39 is 10.0 Å². The van der Waals surface area contributed by atoms with E-state index in [4.69, 9.17) is 0 Å². The Morgan fingerprint density at radius 2 is 2.00 bits per heavy atom. The van der Waals surface area contributed by atoms with Crippen LogP contribution in [0.5, 0.6) is 0 Å². The highest BCUT2D eigenvalue weighted by molar-refractivity contribution is 7.89. The highest BCUT2D eigenvalue weighted by Crippen LogP contribution is 2.15. The van der Waals surface area contributed by atoms with Crippen molar-refractivity contribution < 1.29 is 8.42 Å². The Balaban J connectivity index is 2.47. The lowest BCUT2D eigenvalue weighted by Gasteiger charge is -2.38. The maximum Gasteiger partial charge on any atom is 0.214 e. The molecule has 1 N–H and O–H groups in total. The van der Waals surface area contributed by atoms with E-state index in [9.17, 15) is 8.42 Å². The highest BCUT2D eigenvalue weighted by atomic mass is 32.2. The van der Waals surface area contributed by atoms with Gasteiger partial charge in [-0.1, -0.05) is 6.92 Å². The van der Waals surface area contributed by atoms with Crippen molar-refractivity contribution in [3.8, 4) is 0 Å². The second-order valence-electron chi connectivity index (χ2n) is 5.03. The number of rotatable bonds is 7. The van der Waals surface area contributed by atoms with Gasteiger partial charge < -0.3 is 10.2 Å². The highest BCUT2D eigenvalue weighted by Gasteiger charge is 2.30. The van der Waals surface area contributed by atoms with Crippen LogP contribution in [-0.4, -0.2) is 69.7 Å². The number of piperazine rings is 1. The number of hydrogen-bond acceptors (Lipinski definition) is 4. The third kappa shape index (κ3) is 4.50. The maximum absolute atomic E-state index is 12.2. The molecule has 1 saturated heterocycles. The van der Waals surface area contributed by atoms with Crippen LogP contribution in [0.2, 0.25) is 0 Å². The van der Waals surface area contributed by atoms with Crippen molar-refractivity contribution in [2.45, 2.75) is 32.2 Å². The summed E-state index contributed by atoms with van der Waals surface area (Å²) in [6, 6.07) is 0.367.